The number of amides is 1. The van der Waals surface area contributed by atoms with Gasteiger partial charge in [0.05, 0.1) is 17.7 Å². The Morgan fingerprint density at radius 2 is 1.94 bits per heavy atom. The first-order chi connectivity index (χ1) is 7.46. The van der Waals surface area contributed by atoms with Crippen molar-refractivity contribution in [1.82, 2.24) is 5.32 Å². The summed E-state index contributed by atoms with van der Waals surface area (Å²) in [4.78, 5) is 11.3. The Hall–Kier alpha value is -1.56. The van der Waals surface area contributed by atoms with Gasteiger partial charge in [0, 0.05) is 6.54 Å². The molecule has 0 saturated heterocycles. The largest absolute Gasteiger partial charge is 0.417 e. The second kappa shape index (κ2) is 4.98. The fourth-order valence-electron chi connectivity index (χ4n) is 1.19. The van der Waals surface area contributed by atoms with Crippen molar-refractivity contribution in [3.8, 4) is 0 Å². The molecule has 0 radical (unpaired) electrons. The van der Waals surface area contributed by atoms with Gasteiger partial charge in [0.15, 0.2) is 0 Å². The van der Waals surface area contributed by atoms with Crippen molar-refractivity contribution in [2.45, 2.75) is 6.18 Å². The van der Waals surface area contributed by atoms with E-state index in [1.807, 2.05) is 0 Å². The molecule has 0 aliphatic heterocycles. The normalized spacial score (nSPS) is 11.2. The van der Waals surface area contributed by atoms with E-state index < -0.39 is 23.2 Å². The lowest BCUT2D eigenvalue weighted by Gasteiger charge is -2.11. The Labute approximate surface area is 89.9 Å². The Balaban J connectivity index is 3.00. The summed E-state index contributed by atoms with van der Waals surface area (Å²) in [6, 6.07) is 4.50. The lowest BCUT2D eigenvalue weighted by molar-refractivity contribution is -0.137. The van der Waals surface area contributed by atoms with E-state index in [1.165, 1.54) is 12.1 Å². The van der Waals surface area contributed by atoms with Crippen molar-refractivity contribution in [3.63, 3.8) is 0 Å². The summed E-state index contributed by atoms with van der Waals surface area (Å²) in [5, 5.41) is 10.6. The second-order valence-electron chi connectivity index (χ2n) is 3.02. The van der Waals surface area contributed by atoms with Gasteiger partial charge in [-0.1, -0.05) is 12.1 Å². The Morgan fingerprint density at radius 1 is 1.31 bits per heavy atom. The molecule has 0 spiro atoms. The number of benzene rings is 1. The topological polar surface area (TPSA) is 49.3 Å². The Morgan fingerprint density at radius 3 is 2.50 bits per heavy atom. The van der Waals surface area contributed by atoms with Crippen LogP contribution in [-0.4, -0.2) is 24.2 Å². The molecule has 0 saturated carbocycles. The molecule has 0 atom stereocenters. The average Bonchev–Trinajstić information content (AvgIpc) is 2.24. The number of aliphatic hydroxyl groups excluding tert-OH is 1. The maximum atomic E-state index is 12.5. The summed E-state index contributed by atoms with van der Waals surface area (Å²) in [5.74, 6) is -0.845. The lowest BCUT2D eigenvalue weighted by Crippen LogP contribution is -2.28. The van der Waals surface area contributed by atoms with E-state index >= 15 is 0 Å². The third-order valence-electron chi connectivity index (χ3n) is 1.87. The van der Waals surface area contributed by atoms with E-state index in [0.717, 1.165) is 12.1 Å². The van der Waals surface area contributed by atoms with Gasteiger partial charge in [-0.15, -0.1) is 0 Å². The van der Waals surface area contributed by atoms with Gasteiger partial charge in [-0.05, 0) is 12.1 Å². The molecule has 0 aliphatic carbocycles. The zero-order valence-corrected chi connectivity index (χ0v) is 8.21. The van der Waals surface area contributed by atoms with Crippen LogP contribution in [0.15, 0.2) is 24.3 Å². The highest BCUT2D eigenvalue weighted by atomic mass is 19.4. The molecule has 0 heterocycles. The first-order valence-electron chi connectivity index (χ1n) is 4.52. The smallest absolute Gasteiger partial charge is 0.395 e. The second-order valence-corrected chi connectivity index (χ2v) is 3.02. The molecule has 0 bridgehead atoms. The molecule has 0 unspecified atom stereocenters. The van der Waals surface area contributed by atoms with Crippen LogP contribution in [0.3, 0.4) is 0 Å². The molecule has 0 fully saturated rings. The first kappa shape index (κ1) is 12.5. The van der Waals surface area contributed by atoms with E-state index in [1.54, 1.807) is 0 Å². The van der Waals surface area contributed by atoms with Crippen molar-refractivity contribution in [3.05, 3.63) is 35.4 Å². The quantitative estimate of drug-likeness (QED) is 0.829. The van der Waals surface area contributed by atoms with E-state index in [2.05, 4.69) is 5.32 Å². The molecule has 0 aliphatic rings. The summed E-state index contributed by atoms with van der Waals surface area (Å²) in [6.45, 7) is -0.398. The molecule has 0 aromatic heterocycles. The molecular formula is C10H10F3NO2. The summed E-state index contributed by atoms with van der Waals surface area (Å²) >= 11 is 0. The molecule has 1 aromatic carbocycles. The third-order valence-corrected chi connectivity index (χ3v) is 1.87. The molecule has 3 nitrogen and oxygen atoms in total. The van der Waals surface area contributed by atoms with Gasteiger partial charge in [0.1, 0.15) is 0 Å². The minimum absolute atomic E-state index is 0.0783. The molecule has 16 heavy (non-hydrogen) atoms. The fourth-order valence-corrected chi connectivity index (χ4v) is 1.19. The van der Waals surface area contributed by atoms with Crippen LogP contribution in [0, 0.1) is 0 Å². The molecule has 1 amide bonds. The van der Waals surface area contributed by atoms with Gasteiger partial charge >= 0.3 is 6.18 Å². The molecule has 1 rings (SSSR count). The summed E-state index contributed by atoms with van der Waals surface area (Å²) in [5.41, 5.74) is -1.42. The Bertz CT molecular complexity index is 377. The fraction of sp³-hybridized carbons (Fsp3) is 0.300. The van der Waals surface area contributed by atoms with Crippen molar-refractivity contribution < 1.29 is 23.1 Å². The zero-order chi connectivity index (χ0) is 12.2. The number of rotatable bonds is 3. The summed E-state index contributed by atoms with van der Waals surface area (Å²) < 4.78 is 37.5. The van der Waals surface area contributed by atoms with E-state index in [0.29, 0.717) is 0 Å². The minimum atomic E-state index is -4.56. The number of hydrogen-bond acceptors (Lipinski definition) is 2. The van der Waals surface area contributed by atoms with Crippen LogP contribution in [0.1, 0.15) is 15.9 Å². The maximum absolute atomic E-state index is 12.5. The van der Waals surface area contributed by atoms with Crippen molar-refractivity contribution in [1.29, 1.82) is 0 Å². The highest BCUT2D eigenvalue weighted by Gasteiger charge is 2.34. The molecular weight excluding hydrogens is 223 g/mol. The van der Waals surface area contributed by atoms with Crippen LogP contribution >= 0.6 is 0 Å². The van der Waals surface area contributed by atoms with Crippen molar-refractivity contribution in [2.75, 3.05) is 13.2 Å². The van der Waals surface area contributed by atoms with E-state index in [9.17, 15) is 18.0 Å². The number of nitrogens with one attached hydrogen (secondary N) is 1. The van der Waals surface area contributed by atoms with Crippen LogP contribution in [-0.2, 0) is 6.18 Å². The van der Waals surface area contributed by atoms with Crippen LogP contribution in [0.25, 0.3) is 0 Å². The van der Waals surface area contributed by atoms with Gasteiger partial charge in [-0.3, -0.25) is 4.79 Å². The van der Waals surface area contributed by atoms with Crippen LogP contribution in [0.2, 0.25) is 0 Å². The zero-order valence-electron chi connectivity index (χ0n) is 8.21. The monoisotopic (exact) mass is 233 g/mol. The number of alkyl halides is 3. The molecule has 6 heteroatoms. The van der Waals surface area contributed by atoms with Crippen LogP contribution < -0.4 is 5.32 Å². The third kappa shape index (κ3) is 2.96. The molecule has 2 N–H and O–H groups in total. The number of halogens is 3. The highest BCUT2D eigenvalue weighted by Crippen LogP contribution is 2.31. The van der Waals surface area contributed by atoms with Crippen molar-refractivity contribution in [2.24, 2.45) is 0 Å². The first-order valence-corrected chi connectivity index (χ1v) is 4.52. The van der Waals surface area contributed by atoms with Gasteiger partial charge in [-0.2, -0.15) is 13.2 Å². The number of carbonyl (C=O) groups excluding carboxylic acids is 1. The predicted octanol–water partition coefficient (Wildman–Crippen LogP) is 1.43. The van der Waals surface area contributed by atoms with Crippen molar-refractivity contribution >= 4 is 5.91 Å². The number of carbonyl (C=O) groups is 1. The SMILES string of the molecule is O=C(NCCO)c1ccccc1C(F)(F)F. The van der Waals surface area contributed by atoms with Gasteiger partial charge in [0.2, 0.25) is 0 Å². The summed E-state index contributed by atoms with van der Waals surface area (Å²) in [7, 11) is 0. The number of hydrogen-bond donors (Lipinski definition) is 2. The summed E-state index contributed by atoms with van der Waals surface area (Å²) in [6.07, 6.45) is -4.56. The van der Waals surface area contributed by atoms with E-state index in [4.69, 9.17) is 5.11 Å². The molecule has 1 aromatic rings. The average molecular weight is 233 g/mol. The predicted molar refractivity (Wildman–Crippen MR) is 50.9 cm³/mol. The van der Waals surface area contributed by atoms with Gasteiger partial charge in [-0.25, -0.2) is 0 Å². The highest BCUT2D eigenvalue weighted by molar-refractivity contribution is 5.95. The maximum Gasteiger partial charge on any atom is 0.417 e. The van der Waals surface area contributed by atoms with Crippen LogP contribution in [0.4, 0.5) is 13.2 Å². The van der Waals surface area contributed by atoms with Gasteiger partial charge < -0.3 is 10.4 Å². The number of aliphatic hydroxyl groups is 1. The standard InChI is InChI=1S/C10H10F3NO2/c11-10(12,13)8-4-2-1-3-7(8)9(16)14-5-6-15/h1-4,15H,5-6H2,(H,14,16). The van der Waals surface area contributed by atoms with Gasteiger partial charge in [0.25, 0.3) is 5.91 Å². The van der Waals surface area contributed by atoms with Crippen LogP contribution in [0.5, 0.6) is 0 Å². The lowest BCUT2D eigenvalue weighted by atomic mass is 10.1. The minimum Gasteiger partial charge on any atom is -0.395 e. The Kier molecular flexibility index (Phi) is 3.89. The molecule has 88 valence electrons. The van der Waals surface area contributed by atoms with E-state index in [-0.39, 0.29) is 13.2 Å².